The molecule has 240 valence electrons. The van der Waals surface area contributed by atoms with E-state index in [1.165, 1.54) is 18.9 Å². The van der Waals surface area contributed by atoms with E-state index in [0.29, 0.717) is 41.0 Å². The molecule has 5 aromatic rings. The number of thioether (sulfide) groups is 1. The van der Waals surface area contributed by atoms with Crippen LogP contribution in [0, 0.1) is 6.92 Å². The summed E-state index contributed by atoms with van der Waals surface area (Å²) < 4.78 is 12.6. The van der Waals surface area contributed by atoms with Gasteiger partial charge in [0.2, 0.25) is 0 Å². The van der Waals surface area contributed by atoms with Crippen molar-refractivity contribution >= 4 is 40.6 Å². The number of benzene rings is 3. The Morgan fingerprint density at radius 2 is 1.74 bits per heavy atom. The van der Waals surface area contributed by atoms with E-state index < -0.39 is 0 Å². The zero-order chi connectivity index (χ0) is 32.8. The highest BCUT2D eigenvalue weighted by atomic mass is 32.2. The number of rotatable bonds is 12. The maximum Gasteiger partial charge on any atom is 0.253 e. The number of carbonyl (C=O) groups is 2. The summed E-state index contributed by atoms with van der Waals surface area (Å²) in [5.41, 5.74) is 4.58. The minimum absolute atomic E-state index is 0.120. The average Bonchev–Trinajstić information content (AvgIpc) is 3.87. The predicted molar refractivity (Wildman–Crippen MR) is 183 cm³/mol. The van der Waals surface area contributed by atoms with Crippen LogP contribution in [0.1, 0.15) is 50.2 Å². The van der Waals surface area contributed by atoms with Crippen molar-refractivity contribution < 1.29 is 19.1 Å². The molecule has 3 heterocycles. The van der Waals surface area contributed by atoms with Gasteiger partial charge in [-0.15, -0.1) is 21.5 Å². The second kappa shape index (κ2) is 14.7. The number of ether oxygens (including phenoxy) is 2. The lowest BCUT2D eigenvalue weighted by molar-refractivity contribution is -0.130. The van der Waals surface area contributed by atoms with Crippen molar-refractivity contribution in [1.29, 1.82) is 0 Å². The fourth-order valence-electron chi connectivity index (χ4n) is 5.29. The number of nitrogens with zero attached hydrogens (tertiary/aromatic N) is 5. The quantitative estimate of drug-likeness (QED) is 0.160. The molecular weight excluding hydrogens is 633 g/mol. The van der Waals surface area contributed by atoms with Crippen LogP contribution in [-0.2, 0) is 17.9 Å². The van der Waals surface area contributed by atoms with Crippen molar-refractivity contribution in [2.45, 2.75) is 37.6 Å². The van der Waals surface area contributed by atoms with Gasteiger partial charge in [0, 0.05) is 12.0 Å². The number of carbonyl (C=O) groups excluding carboxylic acids is 2. The number of methoxy groups -OCH3 is 2. The minimum atomic E-state index is -0.291. The molecule has 3 aromatic carbocycles. The average molecular weight is 667 g/mol. The van der Waals surface area contributed by atoms with Gasteiger partial charge in [-0.05, 0) is 47.7 Å². The zero-order valence-electron chi connectivity index (χ0n) is 26.3. The Bertz CT molecular complexity index is 1870. The number of aryl methyl sites for hydroxylation is 1. The van der Waals surface area contributed by atoms with Crippen LogP contribution in [0.3, 0.4) is 0 Å². The first-order valence-corrected chi connectivity index (χ1v) is 16.9. The maximum atomic E-state index is 13.8. The third kappa shape index (κ3) is 7.39. The zero-order valence-corrected chi connectivity index (χ0v) is 27.9. The fraction of sp³-hybridized carbons (Fsp3) is 0.229. The van der Waals surface area contributed by atoms with Crippen molar-refractivity contribution in [1.82, 2.24) is 25.1 Å². The molecule has 0 bridgehead atoms. The van der Waals surface area contributed by atoms with Gasteiger partial charge in [0.1, 0.15) is 0 Å². The van der Waals surface area contributed by atoms with Gasteiger partial charge >= 0.3 is 0 Å². The largest absolute Gasteiger partial charge is 0.493 e. The first-order valence-electron chi connectivity index (χ1n) is 15.0. The Kier molecular flexibility index (Phi) is 9.98. The van der Waals surface area contributed by atoms with Gasteiger partial charge in [-0.25, -0.2) is 5.01 Å². The summed E-state index contributed by atoms with van der Waals surface area (Å²) >= 11 is 2.93. The molecule has 2 aromatic heterocycles. The molecule has 0 spiro atoms. The fourth-order valence-corrected chi connectivity index (χ4v) is 6.82. The lowest BCUT2D eigenvalue weighted by Crippen LogP contribution is -2.28. The van der Waals surface area contributed by atoms with Crippen LogP contribution in [0.25, 0.3) is 0 Å². The SMILES string of the molecule is COc1ccc(C(=O)NCc2nnc(SCC(=O)N3N=C(c4cccs4)C[C@H]3c3ccc(C)cc3)n2Cc2ccccc2)cc1OC. The third-order valence-corrected chi connectivity index (χ3v) is 9.66. The maximum absolute atomic E-state index is 13.8. The molecule has 1 aliphatic rings. The van der Waals surface area contributed by atoms with Gasteiger partial charge in [0.25, 0.3) is 11.8 Å². The van der Waals surface area contributed by atoms with E-state index in [2.05, 4.69) is 39.8 Å². The molecular formula is C35H34N6O4S2. The summed E-state index contributed by atoms with van der Waals surface area (Å²) in [7, 11) is 3.07. The summed E-state index contributed by atoms with van der Waals surface area (Å²) in [6, 6.07) is 27.0. The molecule has 0 aliphatic carbocycles. The van der Waals surface area contributed by atoms with Gasteiger partial charge in [0.05, 0.1) is 49.7 Å². The smallest absolute Gasteiger partial charge is 0.253 e. The lowest BCUT2D eigenvalue weighted by Gasteiger charge is -2.22. The number of hydrogen-bond donors (Lipinski definition) is 1. The summed E-state index contributed by atoms with van der Waals surface area (Å²) in [6.07, 6.45) is 0.647. The van der Waals surface area contributed by atoms with Gasteiger partial charge < -0.3 is 19.4 Å². The highest BCUT2D eigenvalue weighted by Crippen LogP contribution is 2.35. The topological polar surface area (TPSA) is 111 Å². The monoisotopic (exact) mass is 666 g/mol. The number of hydrogen-bond acceptors (Lipinski definition) is 9. The van der Waals surface area contributed by atoms with E-state index in [9.17, 15) is 9.59 Å². The van der Waals surface area contributed by atoms with Gasteiger partial charge in [0.15, 0.2) is 22.5 Å². The highest BCUT2D eigenvalue weighted by molar-refractivity contribution is 7.99. The molecule has 10 nitrogen and oxygen atoms in total. The molecule has 0 saturated heterocycles. The van der Waals surface area contributed by atoms with E-state index in [1.807, 2.05) is 59.3 Å². The lowest BCUT2D eigenvalue weighted by atomic mass is 10.00. The van der Waals surface area contributed by atoms with E-state index in [4.69, 9.17) is 14.6 Å². The van der Waals surface area contributed by atoms with E-state index in [0.717, 1.165) is 27.3 Å². The van der Waals surface area contributed by atoms with Crippen molar-refractivity contribution in [3.63, 3.8) is 0 Å². The van der Waals surface area contributed by atoms with Crippen LogP contribution >= 0.6 is 23.1 Å². The summed E-state index contributed by atoms with van der Waals surface area (Å²) in [4.78, 5) is 27.9. The molecule has 1 N–H and O–H groups in total. The molecule has 0 unspecified atom stereocenters. The van der Waals surface area contributed by atoms with Gasteiger partial charge in [-0.1, -0.05) is 78.0 Å². The molecule has 0 saturated carbocycles. The van der Waals surface area contributed by atoms with Crippen LogP contribution in [0.5, 0.6) is 11.5 Å². The van der Waals surface area contributed by atoms with Crippen LogP contribution in [0.4, 0.5) is 0 Å². The molecule has 1 aliphatic heterocycles. The van der Waals surface area contributed by atoms with Crippen LogP contribution < -0.4 is 14.8 Å². The minimum Gasteiger partial charge on any atom is -0.493 e. The number of aromatic nitrogens is 3. The van der Waals surface area contributed by atoms with Crippen molar-refractivity contribution in [3.05, 3.63) is 123 Å². The van der Waals surface area contributed by atoms with Gasteiger partial charge in [-0.3, -0.25) is 9.59 Å². The van der Waals surface area contributed by atoms with Crippen molar-refractivity contribution in [2.24, 2.45) is 5.10 Å². The number of nitrogens with one attached hydrogen (secondary N) is 1. The molecule has 12 heteroatoms. The Morgan fingerprint density at radius 1 is 0.957 bits per heavy atom. The number of hydrazone groups is 1. The first kappa shape index (κ1) is 32.0. The molecule has 2 amide bonds. The predicted octanol–water partition coefficient (Wildman–Crippen LogP) is 6.11. The molecule has 47 heavy (non-hydrogen) atoms. The summed E-state index contributed by atoms with van der Waals surface area (Å²) in [5.74, 6) is 1.27. The van der Waals surface area contributed by atoms with E-state index in [1.54, 1.807) is 41.7 Å². The number of thiophene rings is 1. The second-order valence-corrected chi connectivity index (χ2v) is 12.8. The Labute approximate surface area is 281 Å². The molecule has 0 radical (unpaired) electrons. The third-order valence-electron chi connectivity index (χ3n) is 7.79. The van der Waals surface area contributed by atoms with Crippen molar-refractivity contribution in [3.8, 4) is 11.5 Å². The van der Waals surface area contributed by atoms with Gasteiger partial charge in [-0.2, -0.15) is 5.10 Å². The second-order valence-electron chi connectivity index (χ2n) is 10.9. The van der Waals surface area contributed by atoms with Crippen LogP contribution in [0.15, 0.2) is 101 Å². The number of amides is 2. The summed E-state index contributed by atoms with van der Waals surface area (Å²) in [6.45, 7) is 2.66. The highest BCUT2D eigenvalue weighted by Gasteiger charge is 2.33. The Hall–Kier alpha value is -4.94. The van der Waals surface area contributed by atoms with Crippen LogP contribution in [-0.4, -0.2) is 57.3 Å². The standard InChI is InChI=1S/C35H34N6O4S2/c1-23-11-13-25(14-12-23)28-19-27(31-10-7-17-46-31)39-41(28)33(42)22-47-35-38-37-32(40(35)21-24-8-5-4-6-9-24)20-36-34(43)26-15-16-29(44-2)30(18-26)45-3/h4-18,28H,19-22H2,1-3H3,(H,36,43)/t28-/m0/s1. The Morgan fingerprint density at radius 3 is 2.47 bits per heavy atom. The van der Waals surface area contributed by atoms with E-state index >= 15 is 0 Å². The molecule has 1 atom stereocenters. The van der Waals surface area contributed by atoms with E-state index in [-0.39, 0.29) is 30.2 Å². The summed E-state index contributed by atoms with van der Waals surface area (Å²) in [5, 5.41) is 20.8. The van der Waals surface area contributed by atoms with Crippen molar-refractivity contribution in [2.75, 3.05) is 20.0 Å². The Balaban J connectivity index is 1.20. The molecule has 6 rings (SSSR count). The van der Waals surface area contributed by atoms with Crippen LogP contribution in [0.2, 0.25) is 0 Å². The normalized spacial score (nSPS) is 14.1. The first-order chi connectivity index (χ1) is 22.9. The molecule has 0 fully saturated rings.